The van der Waals surface area contributed by atoms with E-state index in [2.05, 4.69) is 17.6 Å². The third kappa shape index (κ3) is 11.7. The molecular weight excluding hydrogens is 452 g/mol. The maximum atomic E-state index is 12.2. The average Bonchev–Trinajstić information content (AvgIpc) is 2.81. The summed E-state index contributed by atoms with van der Waals surface area (Å²) in [6.07, 6.45) is 13.3. The Balaban J connectivity index is 1.61. The van der Waals surface area contributed by atoms with Crippen molar-refractivity contribution in [3.63, 3.8) is 0 Å². The van der Waals surface area contributed by atoms with Gasteiger partial charge in [0.15, 0.2) is 0 Å². The molecule has 0 unspecified atom stereocenters. The summed E-state index contributed by atoms with van der Waals surface area (Å²) >= 11 is 7.68. The molecule has 0 atom stereocenters. The third-order valence-corrected chi connectivity index (χ3v) is 6.91. The molecule has 2 aromatic rings. The highest BCUT2D eigenvalue weighted by atomic mass is 35.5. The van der Waals surface area contributed by atoms with Crippen LogP contribution in [0.2, 0.25) is 5.02 Å². The molecule has 0 heterocycles. The minimum Gasteiger partial charge on any atom is -0.506 e. The zero-order chi connectivity index (χ0) is 23.7. The summed E-state index contributed by atoms with van der Waals surface area (Å²) in [5.41, 5.74) is 0.772. The van der Waals surface area contributed by atoms with Crippen LogP contribution in [0.5, 0.6) is 5.75 Å². The Labute approximate surface area is 208 Å². The summed E-state index contributed by atoms with van der Waals surface area (Å²) in [4.78, 5) is 14.2. The quantitative estimate of drug-likeness (QED) is 0.196. The largest absolute Gasteiger partial charge is 0.506 e. The van der Waals surface area contributed by atoms with Crippen molar-refractivity contribution < 1.29 is 9.90 Å². The molecule has 0 aliphatic heterocycles. The standard InChI is InChI=1S/C27H39ClN2O2S/c1-2-3-4-5-6-7-8-9-10-14-18-30-27(32)17-19-29-24-21-25(31)23(28)20-26(24)33-22-15-12-11-13-16-22/h11-13,15-16,20-21,29,31H,2-10,14,17-19H2,1H3,(H,30,32). The molecule has 182 valence electrons. The summed E-state index contributed by atoms with van der Waals surface area (Å²) in [6, 6.07) is 13.4. The van der Waals surface area contributed by atoms with Gasteiger partial charge < -0.3 is 15.7 Å². The third-order valence-electron chi connectivity index (χ3n) is 5.54. The monoisotopic (exact) mass is 490 g/mol. The second-order valence-electron chi connectivity index (χ2n) is 8.42. The molecule has 2 rings (SSSR count). The summed E-state index contributed by atoms with van der Waals surface area (Å²) in [5.74, 6) is 0.0795. The lowest BCUT2D eigenvalue weighted by molar-refractivity contribution is -0.120. The number of phenolic OH excluding ortho intramolecular Hbond substituents is 1. The van der Waals surface area contributed by atoms with Gasteiger partial charge in [0.1, 0.15) is 5.75 Å². The van der Waals surface area contributed by atoms with E-state index in [1.807, 2.05) is 30.3 Å². The maximum Gasteiger partial charge on any atom is 0.221 e. The van der Waals surface area contributed by atoms with Gasteiger partial charge in [0.05, 0.1) is 10.7 Å². The first-order valence-corrected chi connectivity index (χ1v) is 13.6. The van der Waals surface area contributed by atoms with Crippen LogP contribution in [0.3, 0.4) is 0 Å². The predicted molar refractivity (Wildman–Crippen MR) is 142 cm³/mol. The Morgan fingerprint density at radius 2 is 1.55 bits per heavy atom. The second-order valence-corrected chi connectivity index (χ2v) is 9.95. The number of carbonyl (C=O) groups excluding carboxylic acids is 1. The molecule has 0 aliphatic carbocycles. The van der Waals surface area contributed by atoms with Gasteiger partial charge in [-0.25, -0.2) is 0 Å². The minimum absolute atomic E-state index is 0.0296. The molecule has 0 bridgehead atoms. The number of phenols is 1. The van der Waals surface area contributed by atoms with Crippen molar-refractivity contribution in [3.05, 3.63) is 47.5 Å². The van der Waals surface area contributed by atoms with Crippen molar-refractivity contribution >= 4 is 35.0 Å². The number of rotatable bonds is 17. The predicted octanol–water partition coefficient (Wildman–Crippen LogP) is 8.04. The van der Waals surface area contributed by atoms with Gasteiger partial charge in [0, 0.05) is 35.4 Å². The molecule has 0 saturated heterocycles. The second kappa shape index (κ2) is 16.7. The van der Waals surface area contributed by atoms with Crippen LogP contribution in [0, 0.1) is 0 Å². The molecule has 33 heavy (non-hydrogen) atoms. The van der Waals surface area contributed by atoms with Crippen molar-refractivity contribution in [1.82, 2.24) is 5.32 Å². The summed E-state index contributed by atoms with van der Waals surface area (Å²) in [6.45, 7) is 3.49. The van der Waals surface area contributed by atoms with E-state index in [1.165, 1.54) is 57.8 Å². The Hall–Kier alpha value is -1.85. The highest BCUT2D eigenvalue weighted by Crippen LogP contribution is 2.39. The number of aromatic hydroxyl groups is 1. The number of unbranched alkanes of at least 4 members (excludes halogenated alkanes) is 9. The molecule has 0 aliphatic rings. The van der Waals surface area contributed by atoms with Crippen LogP contribution in [0.15, 0.2) is 52.3 Å². The molecule has 0 fully saturated rings. The fraction of sp³-hybridized carbons (Fsp3) is 0.519. The summed E-state index contributed by atoms with van der Waals surface area (Å²) < 4.78 is 0. The lowest BCUT2D eigenvalue weighted by Gasteiger charge is -2.13. The molecule has 0 spiro atoms. The van der Waals surface area contributed by atoms with E-state index in [0.29, 0.717) is 18.0 Å². The number of amides is 1. The van der Waals surface area contributed by atoms with Crippen LogP contribution in [-0.4, -0.2) is 24.1 Å². The highest BCUT2D eigenvalue weighted by molar-refractivity contribution is 7.99. The number of hydrogen-bond acceptors (Lipinski definition) is 4. The smallest absolute Gasteiger partial charge is 0.221 e. The SMILES string of the molecule is CCCCCCCCCCCCNC(=O)CCNc1cc(O)c(Cl)cc1Sc1ccccc1. The fourth-order valence-electron chi connectivity index (χ4n) is 3.62. The Morgan fingerprint density at radius 1 is 0.909 bits per heavy atom. The van der Waals surface area contributed by atoms with Crippen molar-refractivity contribution in [3.8, 4) is 5.75 Å². The van der Waals surface area contributed by atoms with Gasteiger partial charge in [-0.05, 0) is 24.6 Å². The van der Waals surface area contributed by atoms with Crippen LogP contribution >= 0.6 is 23.4 Å². The van der Waals surface area contributed by atoms with Crippen LogP contribution in [0.4, 0.5) is 5.69 Å². The fourth-order valence-corrected chi connectivity index (χ4v) is 4.81. The molecule has 2 aromatic carbocycles. The van der Waals surface area contributed by atoms with Crippen molar-refractivity contribution in [2.45, 2.75) is 87.3 Å². The number of benzene rings is 2. The zero-order valence-corrected chi connectivity index (χ0v) is 21.4. The average molecular weight is 491 g/mol. The van der Waals surface area contributed by atoms with Crippen LogP contribution in [0.25, 0.3) is 0 Å². The Bertz CT molecular complexity index is 817. The lowest BCUT2D eigenvalue weighted by Crippen LogP contribution is -2.26. The molecular formula is C27H39ClN2O2S. The van der Waals surface area contributed by atoms with Gasteiger partial charge in [0.2, 0.25) is 5.91 Å². The van der Waals surface area contributed by atoms with Gasteiger partial charge in [-0.3, -0.25) is 4.79 Å². The highest BCUT2D eigenvalue weighted by Gasteiger charge is 2.10. The van der Waals surface area contributed by atoms with Crippen molar-refractivity contribution in [1.29, 1.82) is 0 Å². The van der Waals surface area contributed by atoms with E-state index < -0.39 is 0 Å². The van der Waals surface area contributed by atoms with E-state index in [9.17, 15) is 9.90 Å². The number of carbonyl (C=O) groups is 1. The first-order valence-electron chi connectivity index (χ1n) is 12.4. The minimum atomic E-state index is 0.0296. The van der Waals surface area contributed by atoms with Crippen LogP contribution < -0.4 is 10.6 Å². The van der Waals surface area contributed by atoms with E-state index in [0.717, 1.165) is 28.4 Å². The number of hydrogen-bond donors (Lipinski definition) is 3. The molecule has 0 saturated carbocycles. The summed E-state index contributed by atoms with van der Waals surface area (Å²) in [7, 11) is 0. The van der Waals surface area contributed by atoms with E-state index in [-0.39, 0.29) is 11.7 Å². The number of halogens is 1. The molecule has 3 N–H and O–H groups in total. The van der Waals surface area contributed by atoms with Crippen molar-refractivity contribution in [2.24, 2.45) is 0 Å². The van der Waals surface area contributed by atoms with Gasteiger partial charge >= 0.3 is 0 Å². The maximum absolute atomic E-state index is 12.2. The van der Waals surface area contributed by atoms with Gasteiger partial charge in [-0.1, -0.05) is 106 Å². The Kier molecular flexibility index (Phi) is 13.9. The van der Waals surface area contributed by atoms with Crippen LogP contribution in [0.1, 0.15) is 77.6 Å². The molecule has 1 amide bonds. The lowest BCUT2D eigenvalue weighted by atomic mass is 10.1. The molecule has 4 nitrogen and oxygen atoms in total. The Morgan fingerprint density at radius 3 is 2.21 bits per heavy atom. The molecule has 0 radical (unpaired) electrons. The van der Waals surface area contributed by atoms with Crippen LogP contribution in [-0.2, 0) is 4.79 Å². The van der Waals surface area contributed by atoms with Gasteiger partial charge in [-0.2, -0.15) is 0 Å². The topological polar surface area (TPSA) is 61.4 Å². The van der Waals surface area contributed by atoms with E-state index >= 15 is 0 Å². The first-order chi connectivity index (χ1) is 16.1. The first kappa shape index (κ1) is 27.4. The van der Waals surface area contributed by atoms with E-state index in [1.54, 1.807) is 23.9 Å². The van der Waals surface area contributed by atoms with Gasteiger partial charge in [-0.15, -0.1) is 0 Å². The molecule has 6 heteroatoms. The van der Waals surface area contributed by atoms with E-state index in [4.69, 9.17) is 11.6 Å². The van der Waals surface area contributed by atoms with Gasteiger partial charge in [0.25, 0.3) is 0 Å². The van der Waals surface area contributed by atoms with Crippen molar-refractivity contribution in [2.75, 3.05) is 18.4 Å². The molecule has 0 aromatic heterocycles. The number of nitrogens with one attached hydrogen (secondary N) is 2. The summed E-state index contributed by atoms with van der Waals surface area (Å²) in [5, 5.41) is 16.6. The number of anilines is 1. The normalized spacial score (nSPS) is 10.8. The zero-order valence-electron chi connectivity index (χ0n) is 19.9.